The molecule has 0 bridgehead atoms. The zero-order valence-corrected chi connectivity index (χ0v) is 18.0. The fourth-order valence-corrected chi connectivity index (χ4v) is 1.59. The van der Waals surface area contributed by atoms with Gasteiger partial charge < -0.3 is 39.0 Å². The molecule has 0 spiro atoms. The third kappa shape index (κ3) is 5.14. The van der Waals surface area contributed by atoms with Crippen LogP contribution in [0.4, 0.5) is 5.69 Å². The van der Waals surface area contributed by atoms with Crippen molar-refractivity contribution in [3.05, 3.63) is 29.8 Å². The molecule has 4 N–H and O–H groups in total. The van der Waals surface area contributed by atoms with Gasteiger partial charge in [0.1, 0.15) is 0 Å². The van der Waals surface area contributed by atoms with Gasteiger partial charge in [-0.1, -0.05) is 6.92 Å². The van der Waals surface area contributed by atoms with Gasteiger partial charge in [0, 0.05) is 72.5 Å². The van der Waals surface area contributed by atoms with Crippen molar-refractivity contribution >= 4 is 29.4 Å². The van der Waals surface area contributed by atoms with Crippen LogP contribution in [0.2, 0.25) is 0 Å². The van der Waals surface area contributed by atoms with Crippen molar-refractivity contribution in [1.29, 1.82) is 0 Å². The van der Waals surface area contributed by atoms with Crippen LogP contribution in [-0.2, 0) is 84.6 Å². The average Bonchev–Trinajstić information content (AvgIpc) is 2.38. The first-order chi connectivity index (χ1) is 9.76. The fourth-order valence-electron chi connectivity index (χ4n) is 1.59. The summed E-state index contributed by atoms with van der Waals surface area (Å²) in [6, 6.07) is 8.03. The minimum atomic E-state index is -3.28. The second kappa shape index (κ2) is 10.2. The first kappa shape index (κ1) is 24.6. The smallest absolute Gasteiger partial charge is 0.340 e. The van der Waals surface area contributed by atoms with E-state index in [1.165, 1.54) is 12.1 Å². The molecule has 0 heterocycles. The van der Waals surface area contributed by atoms with Gasteiger partial charge in [-0.2, -0.15) is 5.69 Å². The zero-order valence-electron chi connectivity index (χ0n) is 12.3. The van der Waals surface area contributed by atoms with Crippen LogP contribution in [-0.4, -0.2) is 41.0 Å². The van der Waals surface area contributed by atoms with Crippen molar-refractivity contribution in [2.24, 2.45) is 5.41 Å². The average molecular weight is 470 g/mol. The van der Waals surface area contributed by atoms with E-state index >= 15 is 0 Å². The van der Waals surface area contributed by atoms with E-state index in [4.69, 9.17) is 10.2 Å². The maximum absolute atomic E-state index is 12.1. The maximum Gasteiger partial charge on any atom is 0.340 e. The number of benzene rings is 1. The number of carboxylic acid groups (broad SMARTS) is 2. The Labute approximate surface area is 182 Å². The summed E-state index contributed by atoms with van der Waals surface area (Å²) in [7, 11) is 1.03. The van der Waals surface area contributed by atoms with Gasteiger partial charge in [-0.25, -0.2) is 9.59 Å². The summed E-state index contributed by atoms with van der Waals surface area (Å²) in [5.74, 6) is -7.14. The Morgan fingerprint density at radius 3 is 1.96 bits per heavy atom. The number of rotatable bonds is 5. The summed E-state index contributed by atoms with van der Waals surface area (Å²) in [4.78, 5) is 46.2. The third-order valence-electron chi connectivity index (χ3n) is 2.69. The van der Waals surface area contributed by atoms with Crippen LogP contribution in [0.3, 0.4) is 0 Å². The maximum atomic E-state index is 12.1. The second-order valence-electron chi connectivity index (χ2n) is 4.07. The van der Waals surface area contributed by atoms with Crippen molar-refractivity contribution in [2.45, 2.75) is 6.92 Å². The third-order valence-corrected chi connectivity index (χ3v) is 2.69. The summed E-state index contributed by atoms with van der Waals surface area (Å²) in [6.45, 7) is 1.66. The van der Waals surface area contributed by atoms with Crippen molar-refractivity contribution in [1.82, 2.24) is 5.32 Å². The van der Waals surface area contributed by atoms with Gasteiger partial charge in [0.25, 0.3) is 11.8 Å². The number of carbonyl (C=O) groups excluding carboxylic acids is 2. The number of hydrogen-bond donors (Lipinski definition) is 4. The van der Waals surface area contributed by atoms with Gasteiger partial charge in [0.15, 0.2) is 0 Å². The predicted molar refractivity (Wildman–Crippen MR) is 69.3 cm³/mol. The van der Waals surface area contributed by atoms with E-state index in [1.54, 1.807) is 6.92 Å². The van der Waals surface area contributed by atoms with E-state index in [1.807, 2.05) is 5.32 Å². The summed E-state index contributed by atoms with van der Waals surface area (Å²) in [5, 5.41) is 22.1. The summed E-state index contributed by atoms with van der Waals surface area (Å²) >= 11 is 0. The first-order valence-corrected chi connectivity index (χ1v) is 5.67. The second-order valence-corrected chi connectivity index (χ2v) is 4.07. The topological polar surface area (TPSA) is 133 Å². The van der Waals surface area contributed by atoms with E-state index in [2.05, 4.69) is 17.4 Å². The number of anilines is 1. The Kier molecular flexibility index (Phi) is 10.9. The molecule has 0 fully saturated rings. The van der Waals surface area contributed by atoms with Gasteiger partial charge in [-0.15, -0.1) is 0 Å². The van der Waals surface area contributed by atoms with Gasteiger partial charge in [0.05, 0.1) is 0 Å². The Balaban J connectivity index is 0. The normalized spacial score (nSPS) is 9.65. The summed E-state index contributed by atoms with van der Waals surface area (Å²) in [6.07, 6.45) is 0. The van der Waals surface area contributed by atoms with Crippen LogP contribution >= 0.6 is 0 Å². The van der Waals surface area contributed by atoms with Crippen LogP contribution in [0.1, 0.15) is 5.56 Å². The molecule has 1 rings (SSSR count). The van der Waals surface area contributed by atoms with Crippen LogP contribution in [0.5, 0.6) is 0 Å². The SMILES string of the molecule is CNC(=O)C(C(=O)O)(C(=O)O)C(=O)Nc1[c-]c[c-]c(C)c1.[Y].[Y]. The standard InChI is InChI=1S/C13H12N2O6.2Y/c1-7-4-3-5-8(6-7)15-10(17)13(11(18)19,12(20)21)9(16)14-2;;/h3,6H,1-2H3,(H,14,16)(H,15,17)(H,18,19)(H,20,21);;/q-2;;. The van der Waals surface area contributed by atoms with Crippen molar-refractivity contribution in [2.75, 3.05) is 12.4 Å². The van der Waals surface area contributed by atoms with Gasteiger partial charge in [-0.05, 0) is 0 Å². The van der Waals surface area contributed by atoms with E-state index in [0.717, 1.165) is 7.05 Å². The molecule has 0 saturated carbocycles. The molecule has 23 heavy (non-hydrogen) atoms. The number of nitrogens with one attached hydrogen (secondary N) is 2. The molecule has 0 saturated heterocycles. The zero-order chi connectivity index (χ0) is 16.2. The molecule has 0 aromatic heterocycles. The van der Waals surface area contributed by atoms with Gasteiger partial charge >= 0.3 is 17.4 Å². The minimum absolute atomic E-state index is 0. The number of carboxylic acids is 2. The van der Waals surface area contributed by atoms with Gasteiger partial charge in [-0.3, -0.25) is 21.2 Å². The van der Waals surface area contributed by atoms with Crippen molar-refractivity contribution in [3.8, 4) is 0 Å². The minimum Gasteiger partial charge on any atom is -0.480 e. The molecule has 2 amide bonds. The Bertz CT molecular complexity index is 606. The largest absolute Gasteiger partial charge is 0.480 e. The molecule has 1 aromatic rings. The molecular formula is C13H12N2O6Y2-2. The van der Waals surface area contributed by atoms with Gasteiger partial charge in [0.2, 0.25) is 0 Å². The molecule has 0 atom stereocenters. The molecular weight excluding hydrogens is 458 g/mol. The van der Waals surface area contributed by atoms with E-state index in [-0.39, 0.29) is 71.1 Å². The van der Waals surface area contributed by atoms with E-state index in [9.17, 15) is 19.2 Å². The molecule has 2 radical (unpaired) electrons. The van der Waals surface area contributed by atoms with E-state index < -0.39 is 29.2 Å². The Morgan fingerprint density at radius 2 is 1.57 bits per heavy atom. The molecule has 10 heteroatoms. The Morgan fingerprint density at radius 1 is 1.04 bits per heavy atom. The van der Waals surface area contributed by atoms with Crippen molar-refractivity contribution < 1.29 is 94.8 Å². The number of aryl methyl sites for hydroxylation is 1. The molecule has 118 valence electrons. The number of carbonyl (C=O) groups is 4. The first-order valence-electron chi connectivity index (χ1n) is 5.67. The molecule has 0 aliphatic carbocycles. The molecule has 0 aliphatic heterocycles. The molecule has 0 aliphatic rings. The van der Waals surface area contributed by atoms with Crippen LogP contribution in [0.25, 0.3) is 0 Å². The van der Waals surface area contributed by atoms with Crippen LogP contribution < -0.4 is 10.6 Å². The molecule has 8 nitrogen and oxygen atoms in total. The van der Waals surface area contributed by atoms with Crippen LogP contribution in [0, 0.1) is 24.5 Å². The fraction of sp³-hybridized carbons (Fsp3) is 0.231. The summed E-state index contributed by atoms with van der Waals surface area (Å²) in [5.41, 5.74) is -2.64. The number of aliphatic carboxylic acids is 2. The Hall–Kier alpha value is -0.692. The molecule has 1 aromatic carbocycles. The number of amides is 2. The monoisotopic (exact) mass is 470 g/mol. The quantitative estimate of drug-likeness (QED) is 0.337. The van der Waals surface area contributed by atoms with E-state index in [0.29, 0.717) is 5.56 Å². The predicted octanol–water partition coefficient (Wildman–Crippen LogP) is -0.569. The van der Waals surface area contributed by atoms with Crippen molar-refractivity contribution in [3.63, 3.8) is 0 Å². The number of hydrogen-bond acceptors (Lipinski definition) is 4. The summed E-state index contributed by atoms with van der Waals surface area (Å²) < 4.78 is 0. The molecule has 0 unspecified atom stereocenters. The van der Waals surface area contributed by atoms with Crippen LogP contribution in [0.15, 0.2) is 12.1 Å².